The van der Waals surface area contributed by atoms with Gasteiger partial charge in [-0.25, -0.2) is 8.96 Å². The van der Waals surface area contributed by atoms with Gasteiger partial charge >= 0.3 is 13.9 Å². The Morgan fingerprint density at radius 3 is 2.33 bits per heavy atom. The third kappa shape index (κ3) is 4.74. The van der Waals surface area contributed by atoms with Gasteiger partial charge in [0.1, 0.15) is 6.61 Å². The fraction of sp³-hybridized carbons (Fsp3) is 0.333. The van der Waals surface area contributed by atoms with E-state index < -0.39 is 26.3 Å². The Balaban J connectivity index is 4.01. The van der Waals surface area contributed by atoms with E-state index in [0.717, 1.165) is 0 Å². The molecule has 1 atom stereocenters. The van der Waals surface area contributed by atoms with E-state index >= 15 is 0 Å². The zero-order valence-corrected chi connectivity index (χ0v) is 6.99. The molecule has 1 N–H and O–H groups in total. The van der Waals surface area contributed by atoms with Crippen molar-refractivity contribution in [2.75, 3.05) is 6.61 Å². The Kier molecular flexibility index (Phi) is 4.81. The number of phosphoric ester groups is 1. The molecule has 0 aromatic heterocycles. The summed E-state index contributed by atoms with van der Waals surface area (Å²) in [6.07, 6.45) is -2.63. The second-order valence-corrected chi connectivity index (χ2v) is 3.22. The average Bonchev–Trinajstić information content (AvgIpc) is 2.00. The number of phosphoric acid groups is 1. The van der Waals surface area contributed by atoms with Crippen LogP contribution in [0.25, 0.3) is 0 Å². The first kappa shape index (κ1) is 11.9. The van der Waals surface area contributed by atoms with Crippen LogP contribution >= 0.6 is 19.7 Å². The molecule has 72 valence electrons. The van der Waals surface area contributed by atoms with Crippen molar-refractivity contribution in [3.8, 4) is 0 Å². The minimum Gasteiger partial charge on any atom is -0.302 e. The van der Waals surface area contributed by atoms with E-state index in [4.69, 9.17) is 4.89 Å². The van der Waals surface area contributed by atoms with Gasteiger partial charge in [-0.3, -0.25) is 4.52 Å². The predicted octanol–water partition coefficient (Wildman–Crippen LogP) is 2.35. The second kappa shape index (κ2) is 4.84. The van der Waals surface area contributed by atoms with Gasteiger partial charge in [0.15, 0.2) is 5.83 Å². The lowest BCUT2D eigenvalue weighted by Crippen LogP contribution is -1.93. The van der Waals surface area contributed by atoms with Crippen LogP contribution in [0, 0.1) is 0 Å². The van der Waals surface area contributed by atoms with Crippen LogP contribution in [0.1, 0.15) is 0 Å². The summed E-state index contributed by atoms with van der Waals surface area (Å²) in [5.41, 5.74) is 0. The normalized spacial score (nSPS) is 15.4. The highest BCUT2D eigenvalue weighted by molar-refractivity contribution is 7.48. The lowest BCUT2D eigenvalue weighted by molar-refractivity contribution is 0.205. The smallest absolute Gasteiger partial charge is 0.302 e. The van der Waals surface area contributed by atoms with E-state index in [-0.39, 0.29) is 0 Å². The van der Waals surface area contributed by atoms with Gasteiger partial charge in [0.05, 0.1) is 11.9 Å². The highest BCUT2D eigenvalue weighted by Gasteiger charge is 2.22. The third-order valence-electron chi connectivity index (χ3n) is 0.647. The largest absolute Gasteiger partial charge is 0.489 e. The molecule has 0 aromatic carbocycles. The topological polar surface area (TPSA) is 55.8 Å². The molecule has 9 heteroatoms. The van der Waals surface area contributed by atoms with E-state index in [1.807, 2.05) is 0 Å². The van der Waals surface area contributed by atoms with Crippen molar-refractivity contribution in [2.24, 2.45) is 0 Å². The van der Waals surface area contributed by atoms with E-state index in [2.05, 4.69) is 20.5 Å². The van der Waals surface area contributed by atoms with Crippen molar-refractivity contribution in [2.45, 2.75) is 0 Å². The summed E-state index contributed by atoms with van der Waals surface area (Å²) >= 11 is 4.39. The summed E-state index contributed by atoms with van der Waals surface area (Å²) in [4.78, 5) is 8.30. The summed E-state index contributed by atoms with van der Waals surface area (Å²) in [5.74, 6) is -1.96. The van der Waals surface area contributed by atoms with Crippen LogP contribution < -0.4 is 0 Å². The Labute approximate surface area is 70.3 Å². The molecule has 0 aromatic rings. The first-order chi connectivity index (χ1) is 5.39. The van der Waals surface area contributed by atoms with Gasteiger partial charge in [-0.15, -0.1) is 0 Å². The molecule has 0 bridgehead atoms. The minimum absolute atomic E-state index is 1.37. The van der Waals surface area contributed by atoms with Gasteiger partial charge in [-0.05, 0) is 0 Å². The maximum atomic E-state index is 11.9. The van der Waals surface area contributed by atoms with Gasteiger partial charge in [-0.2, -0.15) is 12.9 Å². The van der Waals surface area contributed by atoms with Crippen LogP contribution in [0.2, 0.25) is 0 Å². The fourth-order valence-corrected chi connectivity index (χ4v) is 0.649. The van der Waals surface area contributed by atoms with Crippen molar-refractivity contribution in [1.82, 2.24) is 0 Å². The van der Waals surface area contributed by atoms with E-state index in [1.165, 1.54) is 0 Å². The van der Waals surface area contributed by atoms with Gasteiger partial charge in [0.2, 0.25) is 0 Å². The van der Waals surface area contributed by atoms with Gasteiger partial charge in [0.25, 0.3) is 0 Å². The highest BCUT2D eigenvalue weighted by Crippen LogP contribution is 2.44. The van der Waals surface area contributed by atoms with Crippen LogP contribution in [-0.4, -0.2) is 11.5 Å². The van der Waals surface area contributed by atoms with E-state index in [1.54, 1.807) is 0 Å². The molecule has 0 saturated heterocycles. The van der Waals surface area contributed by atoms with Crippen LogP contribution in [-0.2, 0) is 13.2 Å². The number of hydrogen-bond acceptors (Lipinski definition) is 3. The maximum Gasteiger partial charge on any atom is 0.489 e. The second-order valence-electron chi connectivity index (χ2n) is 1.48. The molecule has 1 unspecified atom stereocenters. The Morgan fingerprint density at radius 2 is 2.00 bits per heavy atom. The quantitative estimate of drug-likeness (QED) is 0.748. The van der Waals surface area contributed by atoms with E-state index in [9.17, 15) is 17.7 Å². The van der Waals surface area contributed by atoms with Crippen LogP contribution in [0.5, 0.6) is 0 Å². The molecule has 0 spiro atoms. The lowest BCUT2D eigenvalue weighted by Gasteiger charge is -2.04. The number of halogens is 4. The Morgan fingerprint density at radius 1 is 1.50 bits per heavy atom. The zero-order valence-electron chi connectivity index (χ0n) is 5.34. The summed E-state index contributed by atoms with van der Waals surface area (Å²) in [6.45, 7) is -1.37. The maximum absolute atomic E-state index is 11.9. The molecule has 4 nitrogen and oxygen atoms in total. The summed E-state index contributed by atoms with van der Waals surface area (Å²) in [5, 5.41) is 0. The zero-order chi connectivity index (χ0) is 9.78. The van der Waals surface area contributed by atoms with Gasteiger partial charge < -0.3 is 4.89 Å². The van der Waals surface area contributed by atoms with Crippen molar-refractivity contribution in [3.63, 3.8) is 0 Å². The first-order valence-electron chi connectivity index (χ1n) is 2.36. The molecule has 0 saturated carbocycles. The van der Waals surface area contributed by atoms with Crippen molar-refractivity contribution >= 4 is 19.7 Å². The SMILES string of the molecule is O=P(O)(OCl)OCC(F)=C(F)F. The third-order valence-corrected chi connectivity index (χ3v) is 1.80. The molecular formula is C3H3ClF3O4P. The molecule has 0 aliphatic heterocycles. The molecule has 0 fully saturated rings. The van der Waals surface area contributed by atoms with Crippen LogP contribution in [0.3, 0.4) is 0 Å². The first-order valence-corrected chi connectivity index (χ1v) is 4.17. The average molecular weight is 226 g/mol. The summed E-state index contributed by atoms with van der Waals surface area (Å²) in [6, 6.07) is 0. The molecule has 0 heterocycles. The minimum atomic E-state index is -4.61. The predicted molar refractivity (Wildman–Crippen MR) is 33.1 cm³/mol. The Bertz CT molecular complexity index is 228. The van der Waals surface area contributed by atoms with Crippen LogP contribution in [0.4, 0.5) is 13.2 Å². The lowest BCUT2D eigenvalue weighted by atomic mass is 10.6. The fourth-order valence-electron chi connectivity index (χ4n) is 0.213. The molecule has 0 radical (unpaired) electrons. The molecule has 0 amide bonds. The number of hydrogen-bond donors (Lipinski definition) is 1. The van der Waals surface area contributed by atoms with Crippen LogP contribution in [0.15, 0.2) is 11.9 Å². The van der Waals surface area contributed by atoms with Gasteiger partial charge in [0, 0.05) is 0 Å². The monoisotopic (exact) mass is 226 g/mol. The summed E-state index contributed by atoms with van der Waals surface area (Å²) in [7, 11) is -4.61. The highest BCUT2D eigenvalue weighted by atomic mass is 35.5. The standard InChI is InChI=1S/C3H3ClF3O4P/c4-11-12(8,9)10-1-2(5)3(6)7/h1H2,(H,8,9). The van der Waals surface area contributed by atoms with Crippen molar-refractivity contribution in [3.05, 3.63) is 11.9 Å². The van der Waals surface area contributed by atoms with Crippen molar-refractivity contribution < 1.29 is 31.2 Å². The molecule has 0 rings (SSSR count). The van der Waals surface area contributed by atoms with Crippen molar-refractivity contribution in [1.29, 1.82) is 0 Å². The molecule has 0 aliphatic rings. The molecular weight excluding hydrogens is 223 g/mol. The van der Waals surface area contributed by atoms with E-state index in [0.29, 0.717) is 0 Å². The Hall–Kier alpha value is -0.0700. The number of rotatable bonds is 4. The molecule has 0 aliphatic carbocycles. The van der Waals surface area contributed by atoms with Gasteiger partial charge in [-0.1, -0.05) is 0 Å². The summed E-state index contributed by atoms with van der Waals surface area (Å²) < 4.78 is 51.6. The molecule has 12 heavy (non-hydrogen) atoms.